The molecule has 0 rings (SSSR count). The second kappa shape index (κ2) is 8.89. The van der Waals surface area contributed by atoms with Crippen LogP contribution >= 0.6 is 0 Å². The van der Waals surface area contributed by atoms with E-state index >= 15 is 0 Å². The van der Waals surface area contributed by atoms with E-state index in [0.717, 1.165) is 0 Å². The Hall–Kier alpha value is -1.18. The molecular formula is C13H24O7. The summed E-state index contributed by atoms with van der Waals surface area (Å²) < 4.78 is 16.5. The van der Waals surface area contributed by atoms with Gasteiger partial charge < -0.3 is 24.4 Å². The van der Waals surface area contributed by atoms with E-state index in [0.29, 0.717) is 6.61 Å². The summed E-state index contributed by atoms with van der Waals surface area (Å²) in [4.78, 5) is 22.4. The number of hydrogen-bond donors (Lipinski definition) is 2. The van der Waals surface area contributed by atoms with Crippen molar-refractivity contribution >= 4 is 11.9 Å². The maximum Gasteiger partial charge on any atom is 0.312 e. The summed E-state index contributed by atoms with van der Waals surface area (Å²) in [6.45, 7) is 7.45. The van der Waals surface area contributed by atoms with E-state index in [1.54, 1.807) is 27.7 Å². The molecule has 0 aliphatic carbocycles. The summed E-state index contributed by atoms with van der Waals surface area (Å²) in [7, 11) is 0. The molecule has 0 saturated carbocycles. The minimum atomic E-state index is -1.62. The van der Waals surface area contributed by atoms with Crippen LogP contribution < -0.4 is 0 Å². The monoisotopic (exact) mass is 292 g/mol. The lowest BCUT2D eigenvalue weighted by Gasteiger charge is -2.41. The number of carboxylic acid groups (broad SMARTS) is 2. The summed E-state index contributed by atoms with van der Waals surface area (Å²) in [6, 6.07) is 0. The van der Waals surface area contributed by atoms with Gasteiger partial charge in [0.2, 0.25) is 5.79 Å². The molecule has 7 nitrogen and oxygen atoms in total. The van der Waals surface area contributed by atoms with Crippen LogP contribution in [0.25, 0.3) is 0 Å². The van der Waals surface area contributed by atoms with Gasteiger partial charge in [0, 0.05) is 19.8 Å². The van der Waals surface area contributed by atoms with Crippen molar-refractivity contribution in [2.24, 2.45) is 5.92 Å². The zero-order chi connectivity index (χ0) is 15.8. The van der Waals surface area contributed by atoms with Crippen molar-refractivity contribution in [3.63, 3.8) is 0 Å². The number of carboxylic acids is 2. The van der Waals surface area contributed by atoms with Gasteiger partial charge in [0.15, 0.2) is 0 Å². The summed E-state index contributed by atoms with van der Waals surface area (Å²) in [5.41, 5.74) is 0. The highest BCUT2D eigenvalue weighted by Crippen LogP contribution is 2.33. The summed E-state index contributed by atoms with van der Waals surface area (Å²) in [6.07, 6.45) is -1.32. The summed E-state index contributed by atoms with van der Waals surface area (Å²) in [5, 5.41) is 18.3. The van der Waals surface area contributed by atoms with E-state index in [2.05, 4.69) is 0 Å². The lowest BCUT2D eigenvalue weighted by molar-refractivity contribution is -0.308. The largest absolute Gasteiger partial charge is 0.481 e. The van der Waals surface area contributed by atoms with Crippen LogP contribution in [0, 0.1) is 5.92 Å². The highest BCUT2D eigenvalue weighted by Gasteiger charge is 2.51. The quantitative estimate of drug-likeness (QED) is 0.554. The first-order valence-corrected chi connectivity index (χ1v) is 6.69. The third-order valence-electron chi connectivity index (χ3n) is 2.89. The molecule has 0 saturated heterocycles. The van der Waals surface area contributed by atoms with E-state index in [-0.39, 0.29) is 13.2 Å². The summed E-state index contributed by atoms with van der Waals surface area (Å²) >= 11 is 0. The van der Waals surface area contributed by atoms with Crippen LogP contribution in [0.4, 0.5) is 0 Å². The van der Waals surface area contributed by atoms with Crippen molar-refractivity contribution < 1.29 is 34.0 Å². The van der Waals surface area contributed by atoms with Gasteiger partial charge in [-0.2, -0.15) is 0 Å². The fourth-order valence-electron chi connectivity index (χ4n) is 2.15. The molecule has 0 fully saturated rings. The van der Waals surface area contributed by atoms with Gasteiger partial charge in [-0.3, -0.25) is 9.59 Å². The number of aliphatic carboxylic acids is 2. The molecule has 2 N–H and O–H groups in total. The van der Waals surface area contributed by atoms with E-state index in [4.69, 9.17) is 19.3 Å². The second-order valence-corrected chi connectivity index (χ2v) is 4.17. The molecule has 0 aromatic rings. The van der Waals surface area contributed by atoms with Crippen molar-refractivity contribution in [3.05, 3.63) is 0 Å². The average molecular weight is 292 g/mol. The molecule has 0 aromatic carbocycles. The summed E-state index contributed by atoms with van der Waals surface area (Å²) in [5.74, 6) is -5.50. The molecule has 0 spiro atoms. The number of ether oxygens (including phenoxy) is 3. The predicted octanol–water partition coefficient (Wildman–Crippen LogP) is 1.36. The number of hydrogen-bond acceptors (Lipinski definition) is 5. The zero-order valence-corrected chi connectivity index (χ0v) is 12.4. The lowest BCUT2D eigenvalue weighted by atomic mass is 9.90. The van der Waals surface area contributed by atoms with E-state index in [1.165, 1.54) is 0 Å². The molecule has 0 heterocycles. The molecule has 2 unspecified atom stereocenters. The zero-order valence-electron chi connectivity index (χ0n) is 12.4. The van der Waals surface area contributed by atoms with Gasteiger partial charge in [0.25, 0.3) is 0 Å². The normalized spacial score (nSPS) is 14.8. The SMILES string of the molecule is CCOC(C)C(OCC)(OCC)C(CC(=O)O)C(=O)O. The molecule has 20 heavy (non-hydrogen) atoms. The highest BCUT2D eigenvalue weighted by molar-refractivity contribution is 5.78. The predicted molar refractivity (Wildman–Crippen MR) is 70.4 cm³/mol. The van der Waals surface area contributed by atoms with Crippen molar-refractivity contribution in [1.82, 2.24) is 0 Å². The Morgan fingerprint density at radius 3 is 1.85 bits per heavy atom. The molecular weight excluding hydrogens is 268 g/mol. The van der Waals surface area contributed by atoms with Gasteiger partial charge in [-0.25, -0.2) is 0 Å². The van der Waals surface area contributed by atoms with Gasteiger partial charge in [-0.05, 0) is 27.7 Å². The van der Waals surface area contributed by atoms with Gasteiger partial charge in [-0.15, -0.1) is 0 Å². The molecule has 118 valence electrons. The Bertz CT molecular complexity index is 310. The van der Waals surface area contributed by atoms with Crippen LogP contribution in [-0.2, 0) is 23.8 Å². The Morgan fingerprint density at radius 2 is 1.55 bits per heavy atom. The van der Waals surface area contributed by atoms with Crippen molar-refractivity contribution in [1.29, 1.82) is 0 Å². The van der Waals surface area contributed by atoms with E-state index in [1.807, 2.05) is 0 Å². The molecule has 0 radical (unpaired) electrons. The van der Waals surface area contributed by atoms with Crippen LogP contribution in [0.3, 0.4) is 0 Å². The van der Waals surface area contributed by atoms with E-state index < -0.39 is 36.2 Å². The fraction of sp³-hybridized carbons (Fsp3) is 0.846. The molecule has 0 aliphatic heterocycles. The van der Waals surface area contributed by atoms with Crippen molar-refractivity contribution in [2.75, 3.05) is 19.8 Å². The minimum Gasteiger partial charge on any atom is -0.481 e. The Labute approximate surface area is 118 Å². The van der Waals surface area contributed by atoms with Crippen molar-refractivity contribution in [2.45, 2.75) is 46.0 Å². The Kier molecular flexibility index (Phi) is 8.36. The van der Waals surface area contributed by atoms with Gasteiger partial charge in [-0.1, -0.05) is 0 Å². The van der Waals surface area contributed by atoms with Crippen LogP contribution in [0.2, 0.25) is 0 Å². The maximum atomic E-state index is 11.5. The number of carbonyl (C=O) groups is 2. The standard InChI is InChI=1S/C13H24O7/c1-5-18-9(4)13(19-6-2,20-7-3)10(12(16)17)8-11(14)15/h9-10H,5-8H2,1-4H3,(H,14,15)(H,16,17). The third kappa shape index (κ3) is 4.73. The fourth-order valence-corrected chi connectivity index (χ4v) is 2.15. The molecule has 2 atom stereocenters. The molecule has 0 amide bonds. The lowest BCUT2D eigenvalue weighted by Crippen LogP contribution is -2.56. The van der Waals surface area contributed by atoms with Crippen LogP contribution in [0.15, 0.2) is 0 Å². The molecule has 0 aliphatic rings. The number of rotatable bonds is 11. The van der Waals surface area contributed by atoms with Gasteiger partial charge >= 0.3 is 11.9 Å². The van der Waals surface area contributed by atoms with Crippen LogP contribution in [0.1, 0.15) is 34.1 Å². The highest BCUT2D eigenvalue weighted by atomic mass is 16.7. The molecule has 0 aromatic heterocycles. The third-order valence-corrected chi connectivity index (χ3v) is 2.89. The average Bonchev–Trinajstić information content (AvgIpc) is 2.35. The first kappa shape index (κ1) is 18.8. The molecule has 7 heteroatoms. The van der Waals surface area contributed by atoms with Gasteiger partial charge in [0.05, 0.1) is 6.42 Å². The smallest absolute Gasteiger partial charge is 0.312 e. The second-order valence-electron chi connectivity index (χ2n) is 4.17. The van der Waals surface area contributed by atoms with Crippen LogP contribution in [0.5, 0.6) is 0 Å². The first-order chi connectivity index (χ1) is 9.35. The molecule has 0 bridgehead atoms. The Balaban J connectivity index is 5.60. The first-order valence-electron chi connectivity index (χ1n) is 6.69. The Morgan fingerprint density at radius 1 is 1.05 bits per heavy atom. The van der Waals surface area contributed by atoms with Gasteiger partial charge in [0.1, 0.15) is 12.0 Å². The van der Waals surface area contributed by atoms with Crippen LogP contribution in [-0.4, -0.2) is 53.9 Å². The minimum absolute atomic E-state index is 0.181. The van der Waals surface area contributed by atoms with E-state index in [9.17, 15) is 14.7 Å². The maximum absolute atomic E-state index is 11.5. The van der Waals surface area contributed by atoms with Crippen molar-refractivity contribution in [3.8, 4) is 0 Å². The topological polar surface area (TPSA) is 102 Å².